The lowest BCUT2D eigenvalue weighted by molar-refractivity contribution is -1.02. The van der Waals surface area contributed by atoms with Crippen LogP contribution in [0.15, 0.2) is 24.3 Å². The Morgan fingerprint density at radius 3 is 2.56 bits per heavy atom. The number of quaternary nitrogens is 2. The van der Waals surface area contributed by atoms with Crippen molar-refractivity contribution in [2.75, 3.05) is 33.2 Å². The molecule has 0 amide bonds. The van der Waals surface area contributed by atoms with Crippen molar-refractivity contribution in [3.8, 4) is 0 Å². The van der Waals surface area contributed by atoms with Gasteiger partial charge >= 0.3 is 0 Å². The Morgan fingerprint density at radius 1 is 1.16 bits per heavy atom. The first-order chi connectivity index (χ1) is 12.1. The molecule has 1 aromatic carbocycles. The summed E-state index contributed by atoms with van der Waals surface area (Å²) in [5.74, 6) is 1.17. The minimum Gasteiger partial charge on any atom is -0.328 e. The van der Waals surface area contributed by atoms with Crippen LogP contribution in [0.25, 0.3) is 0 Å². The molecular weight excluding hydrogens is 319 g/mol. The van der Waals surface area contributed by atoms with E-state index in [-0.39, 0.29) is 11.9 Å². The number of halogens is 1. The number of likely N-dealkylation sites (N-methyl/N-ethyl adjacent to an activating group) is 1. The molecule has 6 nitrogen and oxygen atoms in total. The van der Waals surface area contributed by atoms with E-state index >= 15 is 0 Å². The summed E-state index contributed by atoms with van der Waals surface area (Å²) in [5.41, 5.74) is 0.692. The summed E-state index contributed by atoms with van der Waals surface area (Å²) in [4.78, 5) is 2.87. The molecule has 7 heteroatoms. The lowest BCUT2D eigenvalue weighted by atomic mass is 10.0. The minimum atomic E-state index is -0.176. The molecule has 0 aliphatic carbocycles. The van der Waals surface area contributed by atoms with Crippen LogP contribution in [-0.2, 0) is 6.54 Å². The molecule has 2 N–H and O–H groups in total. The second-order valence-corrected chi connectivity index (χ2v) is 7.51. The quantitative estimate of drug-likeness (QED) is 0.730. The third-order valence-corrected chi connectivity index (χ3v) is 5.11. The topological polar surface area (TPSA) is 52.5 Å². The molecule has 0 spiro atoms. The molecule has 0 radical (unpaired) electrons. The van der Waals surface area contributed by atoms with Gasteiger partial charge < -0.3 is 9.80 Å². The molecule has 1 saturated heterocycles. The Bertz CT molecular complexity index is 678. The summed E-state index contributed by atoms with van der Waals surface area (Å²) < 4.78 is 16.5. The molecule has 1 aliphatic heterocycles. The van der Waals surface area contributed by atoms with Crippen molar-refractivity contribution in [3.63, 3.8) is 0 Å². The van der Waals surface area contributed by atoms with E-state index < -0.39 is 0 Å². The van der Waals surface area contributed by atoms with Crippen LogP contribution in [0.2, 0.25) is 0 Å². The number of nitrogens with one attached hydrogen (secondary N) is 2. The van der Waals surface area contributed by atoms with E-state index in [0.29, 0.717) is 11.5 Å². The number of aryl methyl sites for hydroxylation is 1. The van der Waals surface area contributed by atoms with Crippen molar-refractivity contribution in [3.05, 3.63) is 41.5 Å². The van der Waals surface area contributed by atoms with Crippen LogP contribution in [0.4, 0.5) is 4.39 Å². The van der Waals surface area contributed by atoms with E-state index in [1.807, 2.05) is 16.8 Å². The van der Waals surface area contributed by atoms with Crippen LogP contribution in [0, 0.1) is 11.7 Å². The van der Waals surface area contributed by atoms with Crippen molar-refractivity contribution in [1.29, 1.82) is 0 Å². The van der Waals surface area contributed by atoms with Gasteiger partial charge in [-0.25, -0.2) is 9.07 Å². The molecule has 2 heterocycles. The third kappa shape index (κ3) is 4.22. The standard InChI is InChI=1S/C18H27FN6/c1-14(2)8-9-25-18(20-21-22-25)17(15-6-4-5-7-16(15)19)24-12-10-23(3)11-13-24/h4-7,14,17H,8-13H2,1-3H3/p+2/t17-/m1/s1. The number of hydrogen-bond acceptors (Lipinski definition) is 3. The van der Waals surface area contributed by atoms with E-state index in [1.165, 1.54) is 15.9 Å². The maximum absolute atomic E-state index is 14.6. The van der Waals surface area contributed by atoms with Gasteiger partial charge in [0.25, 0.3) is 0 Å². The fourth-order valence-corrected chi connectivity index (χ4v) is 3.50. The molecule has 0 unspecified atom stereocenters. The number of nitrogens with zero attached hydrogens (tertiary/aromatic N) is 4. The van der Waals surface area contributed by atoms with Gasteiger partial charge in [0.2, 0.25) is 5.82 Å². The van der Waals surface area contributed by atoms with Crippen LogP contribution in [0.3, 0.4) is 0 Å². The fourth-order valence-electron chi connectivity index (χ4n) is 3.50. The molecule has 1 aromatic heterocycles. The average molecular weight is 348 g/mol. The maximum Gasteiger partial charge on any atom is 0.214 e. The molecule has 1 aliphatic rings. The summed E-state index contributed by atoms with van der Waals surface area (Å²) in [6.07, 6.45) is 1.00. The van der Waals surface area contributed by atoms with Crippen molar-refractivity contribution in [1.82, 2.24) is 20.2 Å². The zero-order valence-electron chi connectivity index (χ0n) is 15.4. The van der Waals surface area contributed by atoms with Gasteiger partial charge in [-0.1, -0.05) is 26.0 Å². The number of aromatic nitrogens is 4. The Balaban J connectivity index is 1.95. The largest absolute Gasteiger partial charge is 0.328 e. The van der Waals surface area contributed by atoms with Gasteiger partial charge in [-0.05, 0) is 34.9 Å². The molecule has 0 bridgehead atoms. The van der Waals surface area contributed by atoms with Gasteiger partial charge in [-0.15, -0.1) is 5.10 Å². The van der Waals surface area contributed by atoms with Crippen molar-refractivity contribution in [2.45, 2.75) is 32.9 Å². The van der Waals surface area contributed by atoms with Crippen LogP contribution in [0.5, 0.6) is 0 Å². The van der Waals surface area contributed by atoms with Gasteiger partial charge in [0.05, 0.1) is 12.6 Å². The Labute approximate surface area is 148 Å². The monoisotopic (exact) mass is 348 g/mol. The van der Waals surface area contributed by atoms with E-state index in [1.54, 1.807) is 6.07 Å². The first-order valence-corrected chi connectivity index (χ1v) is 9.22. The second kappa shape index (κ2) is 8.01. The van der Waals surface area contributed by atoms with E-state index in [4.69, 9.17) is 0 Å². The predicted molar refractivity (Wildman–Crippen MR) is 92.8 cm³/mol. The predicted octanol–water partition coefficient (Wildman–Crippen LogP) is -0.639. The first kappa shape index (κ1) is 17.9. The zero-order chi connectivity index (χ0) is 17.8. The zero-order valence-corrected chi connectivity index (χ0v) is 15.4. The van der Waals surface area contributed by atoms with Crippen molar-refractivity contribution >= 4 is 0 Å². The molecule has 3 rings (SSSR count). The minimum absolute atomic E-state index is 0.156. The SMILES string of the molecule is CC(C)CCn1nnnc1[C@@H](c1ccccc1F)[NH+]1CC[NH+](C)CC1. The molecule has 2 aromatic rings. The normalized spacial score (nSPS) is 22.3. The fraction of sp³-hybridized carbons (Fsp3) is 0.611. The Morgan fingerprint density at radius 2 is 1.88 bits per heavy atom. The van der Waals surface area contributed by atoms with Crippen molar-refractivity contribution < 1.29 is 14.2 Å². The summed E-state index contributed by atoms with van der Waals surface area (Å²) in [7, 11) is 2.21. The summed E-state index contributed by atoms with van der Waals surface area (Å²) in [6.45, 7) is 9.27. The lowest BCUT2D eigenvalue weighted by Gasteiger charge is -2.33. The molecule has 1 fully saturated rings. The number of tetrazole rings is 1. The molecule has 136 valence electrons. The third-order valence-electron chi connectivity index (χ3n) is 5.11. The van der Waals surface area contributed by atoms with Crippen LogP contribution >= 0.6 is 0 Å². The number of benzene rings is 1. The highest BCUT2D eigenvalue weighted by Crippen LogP contribution is 2.20. The lowest BCUT2D eigenvalue weighted by Crippen LogP contribution is -3.27. The average Bonchev–Trinajstić information content (AvgIpc) is 3.05. The Kier molecular flexibility index (Phi) is 5.75. The van der Waals surface area contributed by atoms with Crippen LogP contribution in [-0.4, -0.2) is 53.4 Å². The number of piperazine rings is 1. The molecular formula is C18H29FN6+2. The van der Waals surface area contributed by atoms with E-state index in [9.17, 15) is 4.39 Å². The summed E-state index contributed by atoms with van der Waals surface area (Å²) >= 11 is 0. The summed E-state index contributed by atoms with van der Waals surface area (Å²) in [5, 5.41) is 12.4. The highest BCUT2D eigenvalue weighted by Gasteiger charge is 2.36. The van der Waals surface area contributed by atoms with Crippen LogP contribution < -0.4 is 9.80 Å². The van der Waals surface area contributed by atoms with Gasteiger partial charge in [0.15, 0.2) is 6.04 Å². The number of hydrogen-bond donors (Lipinski definition) is 2. The first-order valence-electron chi connectivity index (χ1n) is 9.22. The van der Waals surface area contributed by atoms with Gasteiger partial charge in [-0.3, -0.25) is 0 Å². The van der Waals surface area contributed by atoms with Crippen molar-refractivity contribution in [2.24, 2.45) is 5.92 Å². The molecule has 0 saturated carbocycles. The van der Waals surface area contributed by atoms with Gasteiger partial charge in [0.1, 0.15) is 32.0 Å². The smallest absolute Gasteiger partial charge is 0.214 e. The van der Waals surface area contributed by atoms with Crippen LogP contribution in [0.1, 0.15) is 37.7 Å². The maximum atomic E-state index is 14.6. The Hall–Kier alpha value is -1.86. The highest BCUT2D eigenvalue weighted by atomic mass is 19.1. The van der Waals surface area contributed by atoms with E-state index in [0.717, 1.165) is 45.0 Å². The second-order valence-electron chi connectivity index (χ2n) is 7.51. The highest BCUT2D eigenvalue weighted by molar-refractivity contribution is 5.24. The summed E-state index contributed by atoms with van der Waals surface area (Å²) in [6, 6.07) is 6.89. The molecule has 1 atom stereocenters. The molecule has 25 heavy (non-hydrogen) atoms. The van der Waals surface area contributed by atoms with Gasteiger partial charge in [-0.2, -0.15) is 0 Å². The van der Waals surface area contributed by atoms with Gasteiger partial charge in [0, 0.05) is 6.54 Å². The number of rotatable bonds is 6. The van der Waals surface area contributed by atoms with E-state index in [2.05, 4.69) is 36.4 Å².